The fourth-order valence-electron chi connectivity index (χ4n) is 4.54. The number of hydrogen-bond donors (Lipinski definition) is 1. The average Bonchev–Trinajstić information content (AvgIpc) is 3.36. The number of carbonyl (C=O) groups is 3. The fourth-order valence-corrected chi connectivity index (χ4v) is 4.54. The third-order valence-corrected chi connectivity index (χ3v) is 6.04. The normalized spacial score (nSPS) is 18.5. The van der Waals surface area contributed by atoms with Crippen LogP contribution in [-0.4, -0.2) is 48.2 Å². The summed E-state index contributed by atoms with van der Waals surface area (Å²) in [6.45, 7) is 2.31. The van der Waals surface area contributed by atoms with E-state index in [2.05, 4.69) is 15.5 Å². The fraction of sp³-hybridized carbons (Fsp3) is 0.318. The minimum atomic E-state index is -0.618. The minimum Gasteiger partial charge on any atom is -0.322 e. The zero-order valence-corrected chi connectivity index (χ0v) is 17.5. The van der Waals surface area contributed by atoms with Crippen LogP contribution in [-0.2, 0) is 30.2 Å². The van der Waals surface area contributed by atoms with E-state index in [1.165, 1.54) is 0 Å². The largest absolute Gasteiger partial charge is 0.322 e. The highest BCUT2D eigenvalue weighted by atomic mass is 16.2. The van der Waals surface area contributed by atoms with E-state index in [4.69, 9.17) is 0 Å². The summed E-state index contributed by atoms with van der Waals surface area (Å²) in [7, 11) is 3.78. The quantitative estimate of drug-likeness (QED) is 0.651. The molecule has 2 aromatic heterocycles. The molecule has 1 fully saturated rings. The number of benzene rings is 1. The van der Waals surface area contributed by atoms with Crippen LogP contribution < -0.4 is 5.32 Å². The molecule has 158 valence electrons. The Morgan fingerprint density at radius 2 is 1.90 bits per heavy atom. The molecule has 9 heteroatoms. The summed E-state index contributed by atoms with van der Waals surface area (Å²) in [5.41, 5.74) is 6.22. The summed E-state index contributed by atoms with van der Waals surface area (Å²) in [6.07, 6.45) is 4.38. The number of rotatable bonds is 3. The number of carbonyl (C=O) groups excluding carboxylic acids is 3. The average molecular weight is 418 g/mol. The first kappa shape index (κ1) is 19.2. The summed E-state index contributed by atoms with van der Waals surface area (Å²) in [4.78, 5) is 38.2. The van der Waals surface area contributed by atoms with Gasteiger partial charge in [0.2, 0.25) is 11.8 Å². The van der Waals surface area contributed by atoms with Gasteiger partial charge in [-0.2, -0.15) is 10.2 Å². The predicted octanol–water partition coefficient (Wildman–Crippen LogP) is 1.56. The lowest BCUT2D eigenvalue weighted by Gasteiger charge is -2.29. The van der Waals surface area contributed by atoms with E-state index in [1.54, 1.807) is 9.58 Å². The van der Waals surface area contributed by atoms with Crippen molar-refractivity contribution in [3.8, 4) is 22.4 Å². The molecule has 1 atom stereocenters. The number of nitrogens with one attached hydrogen (secondary N) is 1. The second-order valence-electron chi connectivity index (χ2n) is 8.10. The van der Waals surface area contributed by atoms with Gasteiger partial charge in [0.15, 0.2) is 0 Å². The van der Waals surface area contributed by atoms with Gasteiger partial charge in [-0.25, -0.2) is 0 Å². The van der Waals surface area contributed by atoms with Crippen molar-refractivity contribution in [3.05, 3.63) is 47.4 Å². The number of hydrogen-bond acceptors (Lipinski definition) is 5. The van der Waals surface area contributed by atoms with Gasteiger partial charge < -0.3 is 4.90 Å². The third-order valence-electron chi connectivity index (χ3n) is 6.04. The Morgan fingerprint density at radius 3 is 2.61 bits per heavy atom. The van der Waals surface area contributed by atoms with Crippen LogP contribution in [0.25, 0.3) is 22.4 Å². The van der Waals surface area contributed by atoms with Crippen LogP contribution in [0.2, 0.25) is 0 Å². The van der Waals surface area contributed by atoms with Crippen molar-refractivity contribution in [1.29, 1.82) is 0 Å². The maximum atomic E-state index is 12.9. The first-order valence-electron chi connectivity index (χ1n) is 10.1. The molecule has 1 aromatic carbocycles. The highest BCUT2D eigenvalue weighted by Gasteiger charge is 2.39. The van der Waals surface area contributed by atoms with Crippen molar-refractivity contribution in [1.82, 2.24) is 29.8 Å². The second-order valence-corrected chi connectivity index (χ2v) is 8.10. The number of imide groups is 1. The molecule has 9 nitrogen and oxygen atoms in total. The number of nitrogens with zero attached hydrogens (tertiary/aromatic N) is 5. The Bertz CT molecular complexity index is 1250. The summed E-state index contributed by atoms with van der Waals surface area (Å²) in [6, 6.07) is 5.10. The van der Waals surface area contributed by atoms with Gasteiger partial charge in [-0.3, -0.25) is 29.1 Å². The van der Waals surface area contributed by atoms with Crippen molar-refractivity contribution in [3.63, 3.8) is 0 Å². The predicted molar refractivity (Wildman–Crippen MR) is 112 cm³/mol. The molecule has 31 heavy (non-hydrogen) atoms. The molecular formula is C22H22N6O3. The zero-order chi connectivity index (χ0) is 21.9. The highest BCUT2D eigenvalue weighted by molar-refractivity contribution is 6.05. The molecule has 0 unspecified atom stereocenters. The van der Waals surface area contributed by atoms with E-state index in [0.29, 0.717) is 18.5 Å². The maximum absolute atomic E-state index is 12.9. The highest BCUT2D eigenvalue weighted by Crippen LogP contribution is 2.36. The van der Waals surface area contributed by atoms with Gasteiger partial charge in [0, 0.05) is 49.9 Å². The molecule has 2 aliphatic rings. The van der Waals surface area contributed by atoms with Crippen LogP contribution in [0.5, 0.6) is 0 Å². The standard InChI is InChI=1S/C22H22N6O3/c1-12-17(11-26(2)25-12)20-16(9-23-27(20)3)13-4-5-15-14(8-13)10-28(22(15)31)18-6-7-19(29)24-21(18)30/h4-5,8-9,11,18H,6-7,10H2,1-3H3,(H,24,29,30)/t18-/m0/s1. The van der Waals surface area contributed by atoms with E-state index in [9.17, 15) is 14.4 Å². The van der Waals surface area contributed by atoms with E-state index >= 15 is 0 Å². The smallest absolute Gasteiger partial charge is 0.255 e. The van der Waals surface area contributed by atoms with Crippen LogP contribution in [0.3, 0.4) is 0 Å². The molecule has 0 aliphatic carbocycles. The number of fused-ring (bicyclic) bond motifs is 1. The summed E-state index contributed by atoms with van der Waals surface area (Å²) >= 11 is 0. The Morgan fingerprint density at radius 1 is 1.10 bits per heavy atom. The summed E-state index contributed by atoms with van der Waals surface area (Å²) in [5, 5.41) is 11.2. The number of piperidine rings is 1. The van der Waals surface area contributed by atoms with Gasteiger partial charge in [0.1, 0.15) is 6.04 Å². The number of aromatic nitrogens is 4. The molecule has 0 spiro atoms. The Balaban J connectivity index is 1.50. The van der Waals surface area contributed by atoms with E-state index in [0.717, 1.165) is 33.6 Å². The first-order valence-corrected chi connectivity index (χ1v) is 10.1. The van der Waals surface area contributed by atoms with Crippen LogP contribution in [0.15, 0.2) is 30.6 Å². The molecule has 1 saturated heterocycles. The molecule has 3 aromatic rings. The Hall–Kier alpha value is -3.75. The lowest BCUT2D eigenvalue weighted by molar-refractivity contribution is -0.136. The molecule has 3 amide bonds. The van der Waals surface area contributed by atoms with Crippen LogP contribution >= 0.6 is 0 Å². The monoisotopic (exact) mass is 418 g/mol. The van der Waals surface area contributed by atoms with Crippen molar-refractivity contribution in [2.24, 2.45) is 14.1 Å². The van der Waals surface area contributed by atoms with E-state index in [1.807, 2.05) is 56.3 Å². The van der Waals surface area contributed by atoms with Gasteiger partial charge in [-0.15, -0.1) is 0 Å². The molecule has 5 rings (SSSR count). The van der Waals surface area contributed by atoms with E-state index in [-0.39, 0.29) is 18.2 Å². The zero-order valence-electron chi connectivity index (χ0n) is 17.5. The summed E-state index contributed by atoms with van der Waals surface area (Å²) in [5.74, 6) is -0.868. The maximum Gasteiger partial charge on any atom is 0.255 e. The van der Waals surface area contributed by atoms with Gasteiger partial charge in [-0.1, -0.05) is 6.07 Å². The molecule has 4 heterocycles. The Labute approximate surface area is 178 Å². The second kappa shape index (κ2) is 6.90. The van der Waals surface area contributed by atoms with Crippen molar-refractivity contribution >= 4 is 17.7 Å². The molecule has 0 bridgehead atoms. The lowest BCUT2D eigenvalue weighted by Crippen LogP contribution is -2.52. The Kier molecular flexibility index (Phi) is 4.28. The number of aryl methyl sites for hydroxylation is 3. The molecule has 1 N–H and O–H groups in total. The molecule has 0 radical (unpaired) electrons. The van der Waals surface area contributed by atoms with Gasteiger partial charge in [-0.05, 0) is 36.6 Å². The van der Waals surface area contributed by atoms with Crippen molar-refractivity contribution in [2.75, 3.05) is 0 Å². The molecular weight excluding hydrogens is 396 g/mol. The van der Waals surface area contributed by atoms with Gasteiger partial charge in [0.25, 0.3) is 5.91 Å². The van der Waals surface area contributed by atoms with Crippen molar-refractivity contribution < 1.29 is 14.4 Å². The summed E-state index contributed by atoms with van der Waals surface area (Å²) < 4.78 is 3.61. The number of amides is 3. The lowest BCUT2D eigenvalue weighted by atomic mass is 9.98. The molecule has 0 saturated carbocycles. The van der Waals surface area contributed by atoms with Gasteiger partial charge in [0.05, 0.1) is 17.6 Å². The van der Waals surface area contributed by atoms with E-state index < -0.39 is 11.9 Å². The minimum absolute atomic E-state index is 0.175. The van der Waals surface area contributed by atoms with Gasteiger partial charge >= 0.3 is 0 Å². The van der Waals surface area contributed by atoms with Crippen molar-refractivity contribution in [2.45, 2.75) is 32.4 Å². The van der Waals surface area contributed by atoms with Crippen LogP contribution in [0.4, 0.5) is 0 Å². The SMILES string of the molecule is Cc1nn(C)cc1-c1c(-c2ccc3c(c2)CN([C@H]2CCC(=O)NC2=O)C3=O)cnn1C. The third kappa shape index (κ3) is 3.04. The topological polar surface area (TPSA) is 102 Å². The molecule has 2 aliphatic heterocycles. The first-order chi connectivity index (χ1) is 14.8. The van der Waals surface area contributed by atoms with Crippen LogP contribution in [0, 0.1) is 6.92 Å². The van der Waals surface area contributed by atoms with Crippen LogP contribution in [0.1, 0.15) is 34.5 Å².